The predicted molar refractivity (Wildman–Crippen MR) is 125 cm³/mol. The van der Waals surface area contributed by atoms with Crippen molar-refractivity contribution < 1.29 is 23.9 Å². The molecule has 0 saturated carbocycles. The molecule has 2 heterocycles. The maximum Gasteiger partial charge on any atom is 0.341 e. The molecule has 0 unspecified atom stereocenters. The van der Waals surface area contributed by atoms with Gasteiger partial charge < -0.3 is 20.5 Å². The summed E-state index contributed by atoms with van der Waals surface area (Å²) in [6.45, 7) is 9.08. The summed E-state index contributed by atoms with van der Waals surface area (Å²) in [6.07, 6.45) is 1.24. The number of benzene rings is 1. The van der Waals surface area contributed by atoms with E-state index in [1.807, 2.05) is 32.0 Å². The number of carbonyl (C=O) groups excluding carboxylic acids is 3. The highest BCUT2D eigenvalue weighted by molar-refractivity contribution is 7.18. The number of nitrogens with two attached hydrogens (primary N) is 1. The number of hydrogen-bond acceptors (Lipinski definition) is 7. The van der Waals surface area contributed by atoms with Gasteiger partial charge in [0.2, 0.25) is 0 Å². The zero-order valence-electron chi connectivity index (χ0n) is 19.1. The Hall–Kier alpha value is -3.66. The zero-order chi connectivity index (χ0) is 24.3. The van der Waals surface area contributed by atoms with Crippen molar-refractivity contribution in [2.24, 2.45) is 5.73 Å². The number of aryl methyl sites for hydroxylation is 2. The van der Waals surface area contributed by atoms with Crippen LogP contribution in [0.15, 0.2) is 30.5 Å². The number of esters is 1. The summed E-state index contributed by atoms with van der Waals surface area (Å²) >= 11 is 0.923. The lowest BCUT2D eigenvalue weighted by molar-refractivity contribution is 0.0379. The number of aromatic nitrogens is 2. The van der Waals surface area contributed by atoms with Crippen molar-refractivity contribution in [3.8, 4) is 5.75 Å². The van der Waals surface area contributed by atoms with Crippen LogP contribution in [0.2, 0.25) is 0 Å². The molecule has 174 valence electrons. The Labute approximate surface area is 195 Å². The van der Waals surface area contributed by atoms with Gasteiger partial charge in [-0.25, -0.2) is 9.48 Å². The molecule has 1 aromatic carbocycles. The molecular formula is C23H26N4O5S. The zero-order valence-corrected chi connectivity index (χ0v) is 19.9. The molecule has 3 aromatic rings. The highest BCUT2D eigenvalue weighted by Gasteiger charge is 2.27. The molecule has 0 aliphatic rings. The van der Waals surface area contributed by atoms with Gasteiger partial charge in [0.15, 0.2) is 12.4 Å². The number of carbonyl (C=O) groups is 3. The van der Waals surface area contributed by atoms with Crippen molar-refractivity contribution in [2.75, 3.05) is 5.32 Å². The average molecular weight is 471 g/mol. The van der Waals surface area contributed by atoms with Gasteiger partial charge in [-0.05, 0) is 57.9 Å². The third kappa shape index (κ3) is 5.58. The average Bonchev–Trinajstić information content (AvgIpc) is 3.31. The van der Waals surface area contributed by atoms with Gasteiger partial charge in [-0.15, -0.1) is 11.3 Å². The van der Waals surface area contributed by atoms with Crippen LogP contribution in [-0.2, 0) is 11.5 Å². The topological polar surface area (TPSA) is 126 Å². The molecule has 2 amide bonds. The minimum atomic E-state index is -0.690. The Morgan fingerprint density at radius 2 is 1.91 bits per heavy atom. The van der Waals surface area contributed by atoms with E-state index in [0.717, 1.165) is 28.2 Å². The largest absolute Gasteiger partial charge is 0.471 e. The van der Waals surface area contributed by atoms with Crippen LogP contribution >= 0.6 is 11.3 Å². The summed E-state index contributed by atoms with van der Waals surface area (Å²) < 4.78 is 12.5. The number of primary amides is 1. The highest BCUT2D eigenvalue weighted by atomic mass is 32.1. The van der Waals surface area contributed by atoms with E-state index in [4.69, 9.17) is 15.2 Å². The fourth-order valence-electron chi connectivity index (χ4n) is 3.17. The normalized spacial score (nSPS) is 10.8. The summed E-state index contributed by atoms with van der Waals surface area (Å²) in [5.74, 6) is -1.15. The van der Waals surface area contributed by atoms with Crippen molar-refractivity contribution >= 4 is 34.1 Å². The number of nitrogens with zero attached hydrogens (tertiary/aromatic N) is 2. The monoisotopic (exact) mass is 470 g/mol. The van der Waals surface area contributed by atoms with Gasteiger partial charge in [-0.2, -0.15) is 5.10 Å². The second kappa shape index (κ2) is 9.86. The first-order valence-electron chi connectivity index (χ1n) is 10.3. The molecule has 10 heteroatoms. The molecular weight excluding hydrogens is 444 g/mol. The standard InChI is InChI=1S/C23H26N4O5S/c1-12(2)32-23(30)18-15(5)19(20(24)28)33-22(18)25-21(29)16-8-9-27(26-16)11-31-17-7-6-13(3)10-14(17)4/h6-10,12H,11H2,1-5H3,(H2,24,28)(H,25,29). The van der Waals surface area contributed by atoms with Crippen LogP contribution in [-0.4, -0.2) is 33.7 Å². The first-order valence-corrected chi connectivity index (χ1v) is 11.1. The first kappa shape index (κ1) is 24.0. The van der Waals surface area contributed by atoms with Crippen molar-refractivity contribution in [3.05, 3.63) is 63.3 Å². The van der Waals surface area contributed by atoms with Crippen LogP contribution in [0.1, 0.15) is 61.1 Å². The second-order valence-corrected chi connectivity index (χ2v) is 8.84. The van der Waals surface area contributed by atoms with E-state index < -0.39 is 17.8 Å². The van der Waals surface area contributed by atoms with Gasteiger partial charge in [0, 0.05) is 6.20 Å². The Kier molecular flexibility index (Phi) is 7.17. The molecule has 3 N–H and O–H groups in total. The third-order valence-electron chi connectivity index (χ3n) is 4.70. The molecule has 3 rings (SSSR count). The minimum absolute atomic E-state index is 0.105. The maximum absolute atomic E-state index is 12.8. The fourth-order valence-corrected chi connectivity index (χ4v) is 4.22. The van der Waals surface area contributed by atoms with Gasteiger partial charge in [0.25, 0.3) is 11.8 Å². The Bertz CT molecular complexity index is 1210. The van der Waals surface area contributed by atoms with E-state index in [0.29, 0.717) is 5.56 Å². The minimum Gasteiger partial charge on any atom is -0.471 e. The number of anilines is 1. The van der Waals surface area contributed by atoms with Crippen LogP contribution in [0.5, 0.6) is 5.75 Å². The molecule has 0 bridgehead atoms. The molecule has 33 heavy (non-hydrogen) atoms. The van der Waals surface area contributed by atoms with Gasteiger partial charge >= 0.3 is 5.97 Å². The molecule has 0 atom stereocenters. The summed E-state index contributed by atoms with van der Waals surface area (Å²) in [4.78, 5) is 37.3. The van der Waals surface area contributed by atoms with E-state index >= 15 is 0 Å². The van der Waals surface area contributed by atoms with Crippen LogP contribution in [0.3, 0.4) is 0 Å². The van der Waals surface area contributed by atoms with Crippen molar-refractivity contribution in [2.45, 2.75) is 47.5 Å². The number of thiophene rings is 1. The number of hydrogen-bond donors (Lipinski definition) is 2. The van der Waals surface area contributed by atoms with Gasteiger partial charge in [0.05, 0.1) is 16.5 Å². The van der Waals surface area contributed by atoms with E-state index in [-0.39, 0.29) is 34.0 Å². The highest BCUT2D eigenvalue weighted by Crippen LogP contribution is 2.34. The van der Waals surface area contributed by atoms with E-state index in [9.17, 15) is 14.4 Å². The molecule has 0 saturated heterocycles. The SMILES string of the molecule is Cc1ccc(OCn2ccc(C(=O)Nc3sc(C(N)=O)c(C)c3C(=O)OC(C)C)n2)c(C)c1. The fraction of sp³-hybridized carbons (Fsp3) is 0.304. The van der Waals surface area contributed by atoms with Crippen LogP contribution in [0.25, 0.3) is 0 Å². The molecule has 0 aliphatic carbocycles. The third-order valence-corrected chi connectivity index (χ3v) is 5.92. The summed E-state index contributed by atoms with van der Waals surface area (Å²) in [6, 6.07) is 7.38. The van der Waals surface area contributed by atoms with Gasteiger partial charge in [0.1, 0.15) is 10.8 Å². The van der Waals surface area contributed by atoms with Crippen LogP contribution < -0.4 is 15.8 Å². The smallest absolute Gasteiger partial charge is 0.341 e. The number of nitrogens with one attached hydrogen (secondary N) is 1. The Morgan fingerprint density at radius 3 is 2.55 bits per heavy atom. The van der Waals surface area contributed by atoms with Crippen molar-refractivity contribution in [3.63, 3.8) is 0 Å². The van der Waals surface area contributed by atoms with Gasteiger partial charge in [-0.1, -0.05) is 17.7 Å². The number of rotatable bonds is 8. The summed E-state index contributed by atoms with van der Waals surface area (Å²) in [7, 11) is 0. The molecule has 2 aromatic heterocycles. The van der Waals surface area contributed by atoms with Crippen LogP contribution in [0, 0.1) is 20.8 Å². The molecule has 9 nitrogen and oxygen atoms in total. The quantitative estimate of drug-likeness (QED) is 0.482. The lowest BCUT2D eigenvalue weighted by Gasteiger charge is -2.10. The van der Waals surface area contributed by atoms with E-state index in [1.165, 1.54) is 10.7 Å². The molecule has 0 aliphatic heterocycles. The number of amides is 2. The Balaban J connectivity index is 1.76. The van der Waals surface area contributed by atoms with E-state index in [1.54, 1.807) is 27.0 Å². The molecule has 0 fully saturated rings. The lowest BCUT2D eigenvalue weighted by atomic mass is 10.1. The molecule has 0 radical (unpaired) electrons. The van der Waals surface area contributed by atoms with Crippen molar-refractivity contribution in [1.82, 2.24) is 9.78 Å². The van der Waals surface area contributed by atoms with Crippen molar-refractivity contribution in [1.29, 1.82) is 0 Å². The molecule has 0 spiro atoms. The summed E-state index contributed by atoms with van der Waals surface area (Å²) in [5, 5.41) is 7.06. The first-order chi connectivity index (χ1) is 15.6. The van der Waals surface area contributed by atoms with E-state index in [2.05, 4.69) is 10.4 Å². The lowest BCUT2D eigenvalue weighted by Crippen LogP contribution is -2.18. The van der Waals surface area contributed by atoms with Crippen LogP contribution in [0.4, 0.5) is 5.00 Å². The maximum atomic E-state index is 12.8. The van der Waals surface area contributed by atoms with Gasteiger partial charge in [-0.3, -0.25) is 9.59 Å². The predicted octanol–water partition coefficient (Wildman–Crippen LogP) is 3.82. The summed E-state index contributed by atoms with van der Waals surface area (Å²) in [5.41, 5.74) is 8.14. The second-order valence-electron chi connectivity index (χ2n) is 7.82. The number of ether oxygens (including phenoxy) is 2. The Morgan fingerprint density at radius 1 is 1.18 bits per heavy atom.